The first kappa shape index (κ1) is 24.3. The van der Waals surface area contributed by atoms with Gasteiger partial charge in [-0.25, -0.2) is 0 Å². The fourth-order valence-corrected chi connectivity index (χ4v) is 4.23. The van der Waals surface area contributed by atoms with Crippen molar-refractivity contribution in [1.29, 1.82) is 0 Å². The molecule has 0 saturated carbocycles. The van der Waals surface area contributed by atoms with Crippen LogP contribution in [0.5, 0.6) is 0 Å². The predicted octanol–water partition coefficient (Wildman–Crippen LogP) is 5.07. The third-order valence-electron chi connectivity index (χ3n) is 5.36. The van der Waals surface area contributed by atoms with E-state index in [-0.39, 0.29) is 23.7 Å². The molecule has 3 aromatic rings. The number of amides is 1. The van der Waals surface area contributed by atoms with Crippen LogP contribution in [0, 0.1) is 0 Å². The summed E-state index contributed by atoms with van der Waals surface area (Å²) in [5.74, 6) is 1.17. The Bertz CT molecular complexity index is 1020. The van der Waals surface area contributed by atoms with Crippen LogP contribution < -0.4 is 0 Å². The van der Waals surface area contributed by atoms with Crippen LogP contribution in [-0.2, 0) is 11.3 Å². The second-order valence-corrected chi connectivity index (χ2v) is 9.56. The van der Waals surface area contributed by atoms with Crippen LogP contribution in [0.3, 0.4) is 0 Å². The van der Waals surface area contributed by atoms with Crippen molar-refractivity contribution in [2.24, 2.45) is 0 Å². The van der Waals surface area contributed by atoms with Crippen molar-refractivity contribution in [3.8, 4) is 5.69 Å². The van der Waals surface area contributed by atoms with Gasteiger partial charge in [-0.15, -0.1) is 10.2 Å². The molecule has 1 amide bonds. The molecule has 0 aliphatic rings. The molecule has 0 fully saturated rings. The Balaban J connectivity index is 1.83. The van der Waals surface area contributed by atoms with E-state index in [2.05, 4.69) is 22.0 Å². The normalized spacial score (nSPS) is 12.4. The summed E-state index contributed by atoms with van der Waals surface area (Å²) in [5.41, 5.74) is 2.04. The molecule has 32 heavy (non-hydrogen) atoms. The lowest BCUT2D eigenvalue weighted by Crippen LogP contribution is -2.37. The third kappa shape index (κ3) is 5.91. The van der Waals surface area contributed by atoms with E-state index in [0.717, 1.165) is 17.1 Å². The van der Waals surface area contributed by atoms with Crippen molar-refractivity contribution in [3.05, 3.63) is 71.0 Å². The first-order chi connectivity index (χ1) is 15.3. The largest absolute Gasteiger partial charge is 0.335 e. The van der Waals surface area contributed by atoms with Gasteiger partial charge in [-0.2, -0.15) is 0 Å². The van der Waals surface area contributed by atoms with Gasteiger partial charge in [0.2, 0.25) is 5.91 Å². The topological polar surface area (TPSA) is 54.3 Å². The molecule has 170 valence electrons. The molecule has 0 radical (unpaired) electrons. The molecule has 1 atom stereocenters. The molecule has 6 nitrogen and oxygen atoms in total. The number of thioether (sulfide) groups is 1. The molecule has 0 unspecified atom stereocenters. The molecule has 3 rings (SSSR count). The molecule has 1 heterocycles. The van der Waals surface area contributed by atoms with Crippen LogP contribution >= 0.6 is 23.4 Å². The number of carbonyl (C=O) groups is 1. The molecule has 0 saturated heterocycles. The predicted molar refractivity (Wildman–Crippen MR) is 131 cm³/mol. The smallest absolute Gasteiger partial charge is 0.233 e. The monoisotopic (exact) mass is 471 g/mol. The second kappa shape index (κ2) is 11.0. The number of rotatable bonds is 9. The zero-order valence-electron chi connectivity index (χ0n) is 19.2. The van der Waals surface area contributed by atoms with Crippen molar-refractivity contribution < 1.29 is 4.79 Å². The maximum atomic E-state index is 13.1. The zero-order chi connectivity index (χ0) is 23.3. The highest BCUT2D eigenvalue weighted by Crippen LogP contribution is 2.28. The van der Waals surface area contributed by atoms with Gasteiger partial charge in [0.25, 0.3) is 0 Å². The molecular weight excluding hydrogens is 442 g/mol. The quantitative estimate of drug-likeness (QED) is 0.408. The molecule has 0 aliphatic heterocycles. The van der Waals surface area contributed by atoms with E-state index < -0.39 is 0 Å². The first-order valence-electron chi connectivity index (χ1n) is 10.6. The van der Waals surface area contributed by atoms with Gasteiger partial charge in [0, 0.05) is 23.3 Å². The number of halogens is 1. The van der Waals surface area contributed by atoms with Gasteiger partial charge in [-0.05, 0) is 64.7 Å². The Morgan fingerprint density at radius 2 is 1.69 bits per heavy atom. The Morgan fingerprint density at radius 1 is 1.03 bits per heavy atom. The highest BCUT2D eigenvalue weighted by Gasteiger charge is 2.23. The van der Waals surface area contributed by atoms with Crippen LogP contribution in [0.4, 0.5) is 0 Å². The van der Waals surface area contributed by atoms with E-state index in [0.29, 0.717) is 16.7 Å². The summed E-state index contributed by atoms with van der Waals surface area (Å²) in [4.78, 5) is 17.1. The first-order valence-corrected chi connectivity index (χ1v) is 12.0. The molecule has 0 aliphatic carbocycles. The minimum Gasteiger partial charge on any atom is -0.335 e. The van der Waals surface area contributed by atoms with Crippen molar-refractivity contribution in [1.82, 2.24) is 24.6 Å². The minimum atomic E-state index is 0.0495. The number of nitrogens with zero attached hydrogens (tertiary/aromatic N) is 5. The summed E-state index contributed by atoms with van der Waals surface area (Å²) in [5, 5.41) is 10.2. The Kier molecular flexibility index (Phi) is 8.34. The average molecular weight is 472 g/mol. The molecule has 1 aromatic heterocycles. The summed E-state index contributed by atoms with van der Waals surface area (Å²) in [7, 11) is 4.01. The van der Waals surface area contributed by atoms with Crippen LogP contribution in [0.25, 0.3) is 5.69 Å². The van der Waals surface area contributed by atoms with E-state index in [1.165, 1.54) is 11.8 Å². The molecular formula is C24H30ClN5OS. The maximum Gasteiger partial charge on any atom is 0.233 e. The van der Waals surface area contributed by atoms with E-state index in [4.69, 9.17) is 11.6 Å². The second-order valence-electron chi connectivity index (χ2n) is 8.18. The summed E-state index contributed by atoms with van der Waals surface area (Å²) in [6.07, 6.45) is 0. The summed E-state index contributed by atoms with van der Waals surface area (Å²) in [6.45, 7) is 6.75. The number of hydrogen-bond donors (Lipinski definition) is 0. The van der Waals surface area contributed by atoms with Gasteiger partial charge >= 0.3 is 0 Å². The Hall–Kier alpha value is -2.35. The van der Waals surface area contributed by atoms with Gasteiger partial charge < -0.3 is 4.90 Å². The number of hydrogen-bond acceptors (Lipinski definition) is 5. The van der Waals surface area contributed by atoms with Gasteiger partial charge in [0.1, 0.15) is 0 Å². The SMILES string of the molecule is CC(C)N(Cc1ccccc1)C(=O)CSc1nnc([C@H](C)N(C)C)n1-c1ccc(Cl)cc1. The van der Waals surface area contributed by atoms with Crippen LogP contribution in [-0.4, -0.2) is 56.4 Å². The van der Waals surface area contributed by atoms with E-state index in [9.17, 15) is 4.79 Å². The van der Waals surface area contributed by atoms with Crippen LogP contribution in [0.1, 0.15) is 38.2 Å². The standard InChI is InChI=1S/C24H30ClN5OS/c1-17(2)29(15-19-9-7-6-8-10-19)22(31)16-32-24-27-26-23(18(3)28(4)5)30(24)21-13-11-20(25)12-14-21/h6-14,17-18H,15-16H2,1-5H3/t18-/m0/s1. The van der Waals surface area contributed by atoms with Gasteiger partial charge in [0.05, 0.1) is 11.8 Å². The number of benzene rings is 2. The van der Waals surface area contributed by atoms with E-state index >= 15 is 0 Å². The lowest BCUT2D eigenvalue weighted by molar-refractivity contribution is -0.130. The highest BCUT2D eigenvalue weighted by molar-refractivity contribution is 7.99. The Morgan fingerprint density at radius 3 is 2.28 bits per heavy atom. The fraction of sp³-hybridized carbons (Fsp3) is 0.375. The minimum absolute atomic E-state index is 0.0495. The van der Waals surface area contributed by atoms with E-state index in [1.54, 1.807) is 0 Å². The van der Waals surface area contributed by atoms with Crippen molar-refractivity contribution in [2.45, 2.75) is 44.6 Å². The van der Waals surface area contributed by atoms with Crippen molar-refractivity contribution in [3.63, 3.8) is 0 Å². The summed E-state index contributed by atoms with van der Waals surface area (Å²) >= 11 is 7.50. The number of aromatic nitrogens is 3. The van der Waals surface area contributed by atoms with Gasteiger partial charge in [0.15, 0.2) is 11.0 Å². The van der Waals surface area contributed by atoms with Crippen molar-refractivity contribution >= 4 is 29.3 Å². The van der Waals surface area contributed by atoms with Crippen LogP contribution in [0.2, 0.25) is 5.02 Å². The van der Waals surface area contributed by atoms with Crippen molar-refractivity contribution in [2.75, 3.05) is 19.8 Å². The zero-order valence-corrected chi connectivity index (χ0v) is 20.8. The lowest BCUT2D eigenvalue weighted by Gasteiger charge is -2.27. The maximum absolute atomic E-state index is 13.1. The third-order valence-corrected chi connectivity index (χ3v) is 6.52. The molecule has 0 bridgehead atoms. The molecule has 8 heteroatoms. The van der Waals surface area contributed by atoms with E-state index in [1.807, 2.05) is 92.0 Å². The average Bonchev–Trinajstić information content (AvgIpc) is 3.20. The van der Waals surface area contributed by atoms with Crippen LogP contribution in [0.15, 0.2) is 59.8 Å². The highest BCUT2D eigenvalue weighted by atomic mass is 35.5. The lowest BCUT2D eigenvalue weighted by atomic mass is 10.2. The molecule has 0 spiro atoms. The summed E-state index contributed by atoms with van der Waals surface area (Å²) in [6, 6.07) is 17.8. The molecule has 2 aromatic carbocycles. The van der Waals surface area contributed by atoms with Gasteiger partial charge in [-0.3, -0.25) is 14.3 Å². The fourth-order valence-electron chi connectivity index (χ4n) is 3.26. The molecule has 0 N–H and O–H groups in total. The number of carbonyl (C=O) groups excluding carboxylic acids is 1. The summed E-state index contributed by atoms with van der Waals surface area (Å²) < 4.78 is 2.01. The Labute approximate surface area is 199 Å². The van der Waals surface area contributed by atoms with Gasteiger partial charge in [-0.1, -0.05) is 53.7 Å².